The van der Waals surface area contributed by atoms with Gasteiger partial charge in [-0.15, -0.1) is 11.3 Å². The minimum Gasteiger partial charge on any atom is -0.508 e. The fourth-order valence-corrected chi connectivity index (χ4v) is 2.25. The number of aryl methyl sites for hydroxylation is 1. The molecule has 0 aliphatic rings. The van der Waals surface area contributed by atoms with Crippen LogP contribution in [0.5, 0.6) is 5.75 Å². The molecule has 0 amide bonds. The van der Waals surface area contributed by atoms with E-state index in [0.29, 0.717) is 5.75 Å². The van der Waals surface area contributed by atoms with E-state index in [1.165, 1.54) is 4.88 Å². The Morgan fingerprint density at radius 1 is 1.38 bits per heavy atom. The summed E-state index contributed by atoms with van der Waals surface area (Å²) in [6.45, 7) is 3.58. The lowest BCUT2D eigenvalue weighted by atomic mass is 10.2. The molecule has 0 saturated heterocycles. The summed E-state index contributed by atoms with van der Waals surface area (Å²) in [6, 6.07) is 7.29. The van der Waals surface area contributed by atoms with Crippen molar-refractivity contribution in [2.45, 2.75) is 20.0 Å². The fraction of sp³-hybridized carbons (Fsp3) is 0.250. The van der Waals surface area contributed by atoms with Crippen molar-refractivity contribution in [1.29, 1.82) is 0 Å². The highest BCUT2D eigenvalue weighted by Gasteiger charge is 1.98. The zero-order valence-electron chi connectivity index (χ0n) is 9.10. The average molecular weight is 234 g/mol. The molecule has 2 rings (SSSR count). The summed E-state index contributed by atoms with van der Waals surface area (Å²) >= 11 is 1.70. The number of nitrogens with zero attached hydrogens (tertiary/aromatic N) is 1. The Balaban J connectivity index is 1.84. The van der Waals surface area contributed by atoms with Gasteiger partial charge < -0.3 is 10.4 Å². The Morgan fingerprint density at radius 2 is 2.25 bits per heavy atom. The Morgan fingerprint density at radius 3 is 2.94 bits per heavy atom. The fourth-order valence-electron chi connectivity index (χ4n) is 1.48. The molecule has 0 bridgehead atoms. The molecule has 2 N–H and O–H groups in total. The topological polar surface area (TPSA) is 45.2 Å². The molecule has 84 valence electrons. The largest absolute Gasteiger partial charge is 0.508 e. The molecule has 1 heterocycles. The lowest BCUT2D eigenvalue weighted by molar-refractivity contribution is 0.474. The molecule has 2 aromatic rings. The van der Waals surface area contributed by atoms with Gasteiger partial charge in [0.05, 0.1) is 5.01 Å². The Labute approximate surface area is 98.8 Å². The van der Waals surface area contributed by atoms with E-state index in [2.05, 4.69) is 10.3 Å². The van der Waals surface area contributed by atoms with Crippen molar-refractivity contribution in [3.05, 3.63) is 45.9 Å². The van der Waals surface area contributed by atoms with Crippen LogP contribution >= 0.6 is 11.3 Å². The summed E-state index contributed by atoms with van der Waals surface area (Å²) in [5, 5.41) is 13.7. The van der Waals surface area contributed by atoms with Crippen molar-refractivity contribution in [3.63, 3.8) is 0 Å². The first-order valence-corrected chi connectivity index (χ1v) is 5.95. The maximum Gasteiger partial charge on any atom is 0.115 e. The third kappa shape index (κ3) is 3.05. The van der Waals surface area contributed by atoms with Crippen molar-refractivity contribution in [2.24, 2.45) is 0 Å². The van der Waals surface area contributed by atoms with Crippen LogP contribution in [0.25, 0.3) is 0 Å². The van der Waals surface area contributed by atoms with Gasteiger partial charge in [-0.25, -0.2) is 4.98 Å². The lowest BCUT2D eigenvalue weighted by Gasteiger charge is -2.03. The first kappa shape index (κ1) is 11.1. The first-order valence-electron chi connectivity index (χ1n) is 5.14. The van der Waals surface area contributed by atoms with Gasteiger partial charge in [0.15, 0.2) is 0 Å². The van der Waals surface area contributed by atoms with Gasteiger partial charge in [0.1, 0.15) is 5.75 Å². The van der Waals surface area contributed by atoms with E-state index in [-0.39, 0.29) is 0 Å². The second-order valence-corrected chi connectivity index (χ2v) is 4.94. The van der Waals surface area contributed by atoms with E-state index in [9.17, 15) is 5.11 Å². The smallest absolute Gasteiger partial charge is 0.115 e. The molecule has 16 heavy (non-hydrogen) atoms. The third-order valence-corrected chi connectivity index (χ3v) is 3.12. The summed E-state index contributed by atoms with van der Waals surface area (Å²) in [5.74, 6) is 0.313. The van der Waals surface area contributed by atoms with E-state index in [1.54, 1.807) is 23.5 Å². The minimum atomic E-state index is 0.313. The number of benzene rings is 1. The number of aromatic hydroxyl groups is 1. The second kappa shape index (κ2) is 5.09. The van der Waals surface area contributed by atoms with E-state index < -0.39 is 0 Å². The highest BCUT2D eigenvalue weighted by atomic mass is 32.1. The van der Waals surface area contributed by atoms with Gasteiger partial charge in [0, 0.05) is 24.2 Å². The van der Waals surface area contributed by atoms with E-state index in [0.717, 1.165) is 23.7 Å². The summed E-state index contributed by atoms with van der Waals surface area (Å²) in [4.78, 5) is 5.43. The number of aromatic nitrogens is 1. The summed E-state index contributed by atoms with van der Waals surface area (Å²) in [5.41, 5.74) is 1.08. The predicted molar refractivity (Wildman–Crippen MR) is 65.5 cm³/mol. The maximum atomic E-state index is 9.30. The minimum absolute atomic E-state index is 0.313. The van der Waals surface area contributed by atoms with E-state index in [4.69, 9.17) is 0 Å². The number of thiazole rings is 1. The lowest BCUT2D eigenvalue weighted by Crippen LogP contribution is -2.11. The molecule has 1 aromatic heterocycles. The monoisotopic (exact) mass is 234 g/mol. The van der Waals surface area contributed by atoms with Crippen LogP contribution in [0.3, 0.4) is 0 Å². The predicted octanol–water partition coefficient (Wildman–Crippen LogP) is 2.45. The van der Waals surface area contributed by atoms with Crippen LogP contribution in [0, 0.1) is 6.92 Å². The highest BCUT2D eigenvalue weighted by molar-refractivity contribution is 7.11. The van der Waals surface area contributed by atoms with Crippen LogP contribution in [0.1, 0.15) is 15.4 Å². The average Bonchev–Trinajstić information content (AvgIpc) is 2.64. The maximum absolute atomic E-state index is 9.30. The number of nitrogens with one attached hydrogen (secondary N) is 1. The number of phenols is 1. The van der Waals surface area contributed by atoms with Gasteiger partial charge in [0.25, 0.3) is 0 Å². The SMILES string of the molecule is Cc1ncc(CNCc2cccc(O)c2)s1. The zero-order valence-corrected chi connectivity index (χ0v) is 9.92. The molecule has 0 spiro atoms. The third-order valence-electron chi connectivity index (χ3n) is 2.21. The second-order valence-electron chi connectivity index (χ2n) is 3.62. The highest BCUT2D eigenvalue weighted by Crippen LogP contribution is 2.12. The van der Waals surface area contributed by atoms with Crippen molar-refractivity contribution in [1.82, 2.24) is 10.3 Å². The van der Waals surface area contributed by atoms with Gasteiger partial charge in [-0.05, 0) is 24.6 Å². The first-order chi connectivity index (χ1) is 7.74. The number of phenolic OH excluding ortho intramolecular Hbond substituents is 1. The van der Waals surface area contributed by atoms with Crippen LogP contribution in [0.15, 0.2) is 30.5 Å². The molecular weight excluding hydrogens is 220 g/mol. The summed E-state index contributed by atoms with van der Waals surface area (Å²) < 4.78 is 0. The van der Waals surface area contributed by atoms with Gasteiger partial charge in [-0.1, -0.05) is 12.1 Å². The molecule has 0 unspecified atom stereocenters. The van der Waals surface area contributed by atoms with E-state index in [1.807, 2.05) is 25.3 Å². The molecule has 0 aliphatic carbocycles. The van der Waals surface area contributed by atoms with Gasteiger partial charge in [0.2, 0.25) is 0 Å². The van der Waals surface area contributed by atoms with Crippen LogP contribution < -0.4 is 5.32 Å². The van der Waals surface area contributed by atoms with Crippen LogP contribution in [0.4, 0.5) is 0 Å². The molecule has 0 radical (unpaired) electrons. The normalized spacial score (nSPS) is 10.6. The standard InChI is InChI=1S/C12H14N2OS/c1-9-14-8-12(16-9)7-13-6-10-3-2-4-11(15)5-10/h2-5,8,13,15H,6-7H2,1H3. The van der Waals surface area contributed by atoms with Crippen molar-refractivity contribution >= 4 is 11.3 Å². The van der Waals surface area contributed by atoms with Crippen molar-refractivity contribution in [3.8, 4) is 5.75 Å². The molecule has 0 atom stereocenters. The molecule has 1 aromatic carbocycles. The number of hydrogen-bond acceptors (Lipinski definition) is 4. The molecule has 0 aliphatic heterocycles. The Hall–Kier alpha value is -1.39. The summed E-state index contributed by atoms with van der Waals surface area (Å²) in [6.07, 6.45) is 1.90. The van der Waals surface area contributed by atoms with Crippen molar-refractivity contribution in [2.75, 3.05) is 0 Å². The van der Waals surface area contributed by atoms with Crippen LogP contribution in [0.2, 0.25) is 0 Å². The van der Waals surface area contributed by atoms with Gasteiger partial charge in [-0.2, -0.15) is 0 Å². The van der Waals surface area contributed by atoms with Crippen LogP contribution in [-0.2, 0) is 13.1 Å². The van der Waals surface area contributed by atoms with Gasteiger partial charge in [-0.3, -0.25) is 0 Å². The molecule has 0 fully saturated rings. The molecular formula is C12H14N2OS. The Kier molecular flexibility index (Phi) is 3.54. The van der Waals surface area contributed by atoms with Crippen LogP contribution in [-0.4, -0.2) is 10.1 Å². The number of hydrogen-bond donors (Lipinski definition) is 2. The van der Waals surface area contributed by atoms with Crippen molar-refractivity contribution < 1.29 is 5.11 Å². The molecule has 0 saturated carbocycles. The summed E-state index contributed by atoms with van der Waals surface area (Å²) in [7, 11) is 0. The Bertz CT molecular complexity index is 468. The van der Waals surface area contributed by atoms with E-state index >= 15 is 0 Å². The zero-order chi connectivity index (χ0) is 11.4. The number of rotatable bonds is 4. The molecule has 4 heteroatoms. The quantitative estimate of drug-likeness (QED) is 0.854. The molecule has 3 nitrogen and oxygen atoms in total. The van der Waals surface area contributed by atoms with Gasteiger partial charge >= 0.3 is 0 Å².